The molecule has 2 atom stereocenters. The molecule has 1 aliphatic carbocycles. The summed E-state index contributed by atoms with van der Waals surface area (Å²) in [6.45, 7) is 1.71. The quantitative estimate of drug-likeness (QED) is 0.241. The van der Waals surface area contributed by atoms with Crippen LogP contribution in [0.4, 0.5) is 0 Å². The lowest BCUT2D eigenvalue weighted by Gasteiger charge is -2.24. The fourth-order valence-electron chi connectivity index (χ4n) is 3.00. The van der Waals surface area contributed by atoms with Crippen LogP contribution >= 0.6 is 0 Å². The van der Waals surface area contributed by atoms with E-state index in [1.165, 1.54) is 5.48 Å². The Bertz CT molecular complexity index is 1010. The molecule has 0 aliphatic heterocycles. The Labute approximate surface area is 186 Å². The summed E-state index contributed by atoms with van der Waals surface area (Å²) in [5.74, 6) is 4.43. The van der Waals surface area contributed by atoms with Crippen LogP contribution in [-0.4, -0.2) is 47.6 Å². The van der Waals surface area contributed by atoms with Crippen molar-refractivity contribution in [1.29, 1.82) is 0 Å². The summed E-state index contributed by atoms with van der Waals surface area (Å²) in [6, 6.07) is 14.6. The normalized spacial score (nSPS) is 14.3. The standard InChI is InChI=1S/C24H26N4O4/c1-16(26-21(29)15-25-20-13-14-20)22(24(31)28-32)27-23(30)19-11-9-18(10-12-19)8-7-17-5-3-2-4-6-17/h2-6,9-12,16,20,22,25,32H,13-15H2,1H3,(H,26,29)(H,27,30)(H,28,31). The fraction of sp³-hybridized carbons (Fsp3) is 0.292. The molecule has 1 saturated carbocycles. The maximum absolute atomic E-state index is 12.6. The van der Waals surface area contributed by atoms with E-state index in [-0.39, 0.29) is 12.5 Å². The van der Waals surface area contributed by atoms with Crippen molar-refractivity contribution in [2.24, 2.45) is 0 Å². The average Bonchev–Trinajstić information content (AvgIpc) is 3.65. The molecule has 5 N–H and O–H groups in total. The van der Waals surface area contributed by atoms with E-state index in [0.29, 0.717) is 11.6 Å². The minimum atomic E-state index is -1.16. The monoisotopic (exact) mass is 434 g/mol. The Balaban J connectivity index is 1.60. The molecule has 0 aromatic heterocycles. The molecule has 32 heavy (non-hydrogen) atoms. The second kappa shape index (κ2) is 11.1. The number of carbonyl (C=O) groups is 3. The van der Waals surface area contributed by atoms with Crippen LogP contribution in [-0.2, 0) is 9.59 Å². The van der Waals surface area contributed by atoms with Crippen LogP contribution in [0.1, 0.15) is 41.3 Å². The number of hydroxylamine groups is 1. The second-order valence-corrected chi connectivity index (χ2v) is 7.63. The number of hydrogen-bond acceptors (Lipinski definition) is 5. The Morgan fingerprint density at radius 2 is 1.59 bits per heavy atom. The highest BCUT2D eigenvalue weighted by Gasteiger charge is 2.29. The van der Waals surface area contributed by atoms with Crippen molar-refractivity contribution in [3.05, 3.63) is 71.3 Å². The van der Waals surface area contributed by atoms with Crippen LogP contribution in [0, 0.1) is 11.8 Å². The third kappa shape index (κ3) is 6.94. The van der Waals surface area contributed by atoms with E-state index < -0.39 is 23.9 Å². The van der Waals surface area contributed by atoms with Gasteiger partial charge in [0.2, 0.25) is 5.91 Å². The Hall–Kier alpha value is -3.67. The van der Waals surface area contributed by atoms with Crippen molar-refractivity contribution >= 4 is 17.7 Å². The van der Waals surface area contributed by atoms with Gasteiger partial charge in [0.25, 0.3) is 11.8 Å². The van der Waals surface area contributed by atoms with Crippen LogP contribution in [0.2, 0.25) is 0 Å². The molecule has 1 fully saturated rings. The summed E-state index contributed by atoms with van der Waals surface area (Å²) in [7, 11) is 0. The van der Waals surface area contributed by atoms with E-state index >= 15 is 0 Å². The molecule has 166 valence electrons. The van der Waals surface area contributed by atoms with Crippen LogP contribution in [0.5, 0.6) is 0 Å². The third-order valence-corrected chi connectivity index (χ3v) is 4.97. The minimum Gasteiger partial charge on any atom is -0.350 e. The fourth-order valence-corrected chi connectivity index (χ4v) is 3.00. The summed E-state index contributed by atoms with van der Waals surface area (Å²) in [4.78, 5) is 36.8. The molecule has 0 bridgehead atoms. The van der Waals surface area contributed by atoms with E-state index in [2.05, 4.69) is 27.8 Å². The van der Waals surface area contributed by atoms with Crippen LogP contribution in [0.15, 0.2) is 54.6 Å². The summed E-state index contributed by atoms with van der Waals surface area (Å²) in [5, 5.41) is 17.4. The first-order valence-electron chi connectivity index (χ1n) is 10.4. The van der Waals surface area contributed by atoms with Gasteiger partial charge < -0.3 is 16.0 Å². The van der Waals surface area contributed by atoms with E-state index in [1.54, 1.807) is 31.2 Å². The van der Waals surface area contributed by atoms with Gasteiger partial charge in [0.1, 0.15) is 6.04 Å². The highest BCUT2D eigenvalue weighted by molar-refractivity contribution is 5.98. The molecule has 3 rings (SSSR count). The van der Waals surface area contributed by atoms with Crippen LogP contribution in [0.3, 0.4) is 0 Å². The van der Waals surface area contributed by atoms with Gasteiger partial charge in [-0.15, -0.1) is 0 Å². The van der Waals surface area contributed by atoms with Gasteiger partial charge in [0, 0.05) is 22.7 Å². The molecule has 8 heteroatoms. The Kier molecular flexibility index (Phi) is 7.97. The maximum Gasteiger partial charge on any atom is 0.268 e. The molecule has 0 saturated heterocycles. The first-order valence-corrected chi connectivity index (χ1v) is 10.4. The molecular weight excluding hydrogens is 408 g/mol. The van der Waals surface area contributed by atoms with Crippen molar-refractivity contribution in [2.45, 2.75) is 37.9 Å². The molecule has 8 nitrogen and oxygen atoms in total. The van der Waals surface area contributed by atoms with Gasteiger partial charge in [-0.25, -0.2) is 5.48 Å². The predicted octanol–water partition coefficient (Wildman–Crippen LogP) is 0.947. The lowest BCUT2D eigenvalue weighted by Crippen LogP contribution is -2.58. The average molecular weight is 434 g/mol. The highest BCUT2D eigenvalue weighted by atomic mass is 16.5. The van der Waals surface area contributed by atoms with Gasteiger partial charge in [-0.2, -0.15) is 0 Å². The summed E-state index contributed by atoms with van der Waals surface area (Å²) in [6.07, 6.45) is 2.09. The van der Waals surface area contributed by atoms with E-state index in [0.717, 1.165) is 24.0 Å². The molecular formula is C24H26N4O4. The van der Waals surface area contributed by atoms with Crippen molar-refractivity contribution in [3.8, 4) is 11.8 Å². The number of hydrogen-bond donors (Lipinski definition) is 5. The van der Waals surface area contributed by atoms with Crippen molar-refractivity contribution in [2.75, 3.05) is 6.54 Å². The highest BCUT2D eigenvalue weighted by Crippen LogP contribution is 2.17. The van der Waals surface area contributed by atoms with Crippen molar-refractivity contribution in [1.82, 2.24) is 21.4 Å². The largest absolute Gasteiger partial charge is 0.350 e. The topological polar surface area (TPSA) is 120 Å². The lowest BCUT2D eigenvalue weighted by molar-refractivity contribution is -0.132. The molecule has 2 unspecified atom stereocenters. The van der Waals surface area contributed by atoms with Gasteiger partial charge in [0.15, 0.2) is 0 Å². The summed E-state index contributed by atoms with van der Waals surface area (Å²) in [5.41, 5.74) is 3.48. The molecule has 0 spiro atoms. The Morgan fingerprint density at radius 3 is 2.19 bits per heavy atom. The number of nitrogens with one attached hydrogen (secondary N) is 4. The second-order valence-electron chi connectivity index (χ2n) is 7.63. The summed E-state index contributed by atoms with van der Waals surface area (Å²) < 4.78 is 0. The first kappa shape index (κ1) is 23.0. The molecule has 1 aliphatic rings. The SMILES string of the molecule is CC(NC(=O)CNC1CC1)C(NC(=O)c1ccc(C#Cc2ccccc2)cc1)C(=O)NO. The maximum atomic E-state index is 12.6. The number of amides is 3. The molecule has 2 aromatic rings. The zero-order valence-electron chi connectivity index (χ0n) is 17.7. The van der Waals surface area contributed by atoms with Gasteiger partial charge in [-0.1, -0.05) is 30.0 Å². The van der Waals surface area contributed by atoms with Crippen molar-refractivity contribution in [3.63, 3.8) is 0 Å². The van der Waals surface area contributed by atoms with Crippen LogP contribution < -0.4 is 21.4 Å². The van der Waals surface area contributed by atoms with Crippen LogP contribution in [0.25, 0.3) is 0 Å². The third-order valence-electron chi connectivity index (χ3n) is 4.97. The summed E-state index contributed by atoms with van der Waals surface area (Å²) >= 11 is 0. The van der Waals surface area contributed by atoms with Crippen molar-refractivity contribution < 1.29 is 19.6 Å². The van der Waals surface area contributed by atoms with Gasteiger partial charge in [-0.05, 0) is 56.2 Å². The zero-order chi connectivity index (χ0) is 22.9. The lowest BCUT2D eigenvalue weighted by atomic mass is 10.1. The minimum absolute atomic E-state index is 0.127. The predicted molar refractivity (Wildman–Crippen MR) is 119 cm³/mol. The van der Waals surface area contributed by atoms with Gasteiger partial charge >= 0.3 is 0 Å². The number of benzene rings is 2. The van der Waals surface area contributed by atoms with E-state index in [9.17, 15) is 14.4 Å². The van der Waals surface area contributed by atoms with Gasteiger partial charge in [-0.3, -0.25) is 19.6 Å². The Morgan fingerprint density at radius 1 is 0.969 bits per heavy atom. The van der Waals surface area contributed by atoms with Gasteiger partial charge in [0.05, 0.1) is 12.6 Å². The zero-order valence-corrected chi connectivity index (χ0v) is 17.7. The molecule has 2 aromatic carbocycles. The number of rotatable bonds is 8. The molecule has 0 radical (unpaired) electrons. The van der Waals surface area contributed by atoms with E-state index in [1.807, 2.05) is 30.3 Å². The van der Waals surface area contributed by atoms with E-state index in [4.69, 9.17) is 5.21 Å². The molecule has 3 amide bonds. The molecule has 0 heterocycles. The number of carbonyl (C=O) groups excluding carboxylic acids is 3. The smallest absolute Gasteiger partial charge is 0.268 e. The first-order chi connectivity index (χ1) is 15.5.